The zero-order valence-electron chi connectivity index (χ0n) is 19.7. The monoisotopic (exact) mass is 484 g/mol. The number of anilines is 1. The van der Waals surface area contributed by atoms with Crippen molar-refractivity contribution in [3.05, 3.63) is 65.2 Å². The van der Waals surface area contributed by atoms with Gasteiger partial charge < -0.3 is 14.7 Å². The summed E-state index contributed by atoms with van der Waals surface area (Å²) in [6, 6.07) is 13.7. The van der Waals surface area contributed by atoms with E-state index in [4.69, 9.17) is 5.26 Å². The minimum atomic E-state index is -4.61. The molecule has 0 saturated carbocycles. The Bertz CT molecular complexity index is 1150. The molecule has 2 saturated heterocycles. The van der Waals surface area contributed by atoms with Gasteiger partial charge in [-0.15, -0.1) is 0 Å². The number of likely N-dealkylation sites (tertiary alicyclic amines) is 1. The topological polar surface area (TPSA) is 67.7 Å². The maximum Gasteiger partial charge on any atom is 0.417 e. The van der Waals surface area contributed by atoms with E-state index < -0.39 is 23.3 Å². The number of nitrogens with zero attached hydrogens (tertiary/aromatic N) is 4. The molecule has 6 nitrogen and oxygen atoms in total. The molecule has 0 N–H and O–H groups in total. The fourth-order valence-electron chi connectivity index (χ4n) is 5.20. The second-order valence-electron chi connectivity index (χ2n) is 9.58. The van der Waals surface area contributed by atoms with E-state index in [0.717, 1.165) is 6.07 Å². The van der Waals surface area contributed by atoms with Crippen LogP contribution in [0.15, 0.2) is 48.5 Å². The molecule has 2 aliphatic heterocycles. The standard InChI is InChI=1S/C26H27F3N4O2/c1-31(2)24(35)22-15-25(17-33(22)23(34)18-6-4-3-5-7-18)10-12-32(13-11-25)20-9-8-19(16-30)21(14-20)26(27,28)29/h3-9,14,22H,10-13,15,17H2,1-2H3. The molecule has 184 valence electrons. The maximum absolute atomic E-state index is 13.4. The number of hydrogen-bond donors (Lipinski definition) is 0. The quantitative estimate of drug-likeness (QED) is 0.656. The third kappa shape index (κ3) is 4.83. The lowest BCUT2D eigenvalue weighted by atomic mass is 9.76. The van der Waals surface area contributed by atoms with Crippen LogP contribution in [0.25, 0.3) is 0 Å². The largest absolute Gasteiger partial charge is 0.417 e. The Kier molecular flexibility index (Phi) is 6.50. The van der Waals surface area contributed by atoms with E-state index in [9.17, 15) is 22.8 Å². The summed E-state index contributed by atoms with van der Waals surface area (Å²) in [5.41, 5.74) is -0.671. The summed E-state index contributed by atoms with van der Waals surface area (Å²) in [5, 5.41) is 9.06. The van der Waals surface area contributed by atoms with Gasteiger partial charge in [0.05, 0.1) is 17.2 Å². The Labute approximate surface area is 202 Å². The van der Waals surface area contributed by atoms with Crippen LogP contribution in [-0.2, 0) is 11.0 Å². The van der Waals surface area contributed by atoms with Crippen molar-refractivity contribution in [3.8, 4) is 6.07 Å². The minimum Gasteiger partial charge on any atom is -0.371 e. The molecule has 2 aromatic rings. The van der Waals surface area contributed by atoms with E-state index in [1.54, 1.807) is 55.4 Å². The van der Waals surface area contributed by atoms with Crippen molar-refractivity contribution in [3.63, 3.8) is 0 Å². The molecule has 2 aromatic carbocycles. The molecule has 2 heterocycles. The molecular formula is C26H27F3N4O2. The Morgan fingerprint density at radius 2 is 1.74 bits per heavy atom. The SMILES string of the molecule is CN(C)C(=O)C1CC2(CCN(c3ccc(C#N)c(C(F)(F)F)c3)CC2)CN1C(=O)c1ccccc1. The number of carbonyl (C=O) groups excluding carboxylic acids is 2. The predicted molar refractivity (Wildman–Crippen MR) is 125 cm³/mol. The van der Waals surface area contributed by atoms with Crippen LogP contribution in [0.4, 0.5) is 18.9 Å². The summed E-state index contributed by atoms with van der Waals surface area (Å²) in [4.78, 5) is 31.3. The molecule has 4 rings (SSSR count). The molecule has 1 spiro atoms. The van der Waals surface area contributed by atoms with E-state index in [1.165, 1.54) is 11.0 Å². The average molecular weight is 485 g/mol. The van der Waals surface area contributed by atoms with Gasteiger partial charge in [0.1, 0.15) is 6.04 Å². The first kappa shape index (κ1) is 24.6. The van der Waals surface area contributed by atoms with Crippen molar-refractivity contribution in [2.75, 3.05) is 38.6 Å². The molecule has 1 unspecified atom stereocenters. The smallest absolute Gasteiger partial charge is 0.371 e. The zero-order valence-corrected chi connectivity index (χ0v) is 19.7. The first-order chi connectivity index (χ1) is 16.5. The van der Waals surface area contributed by atoms with Gasteiger partial charge in [-0.2, -0.15) is 18.4 Å². The summed E-state index contributed by atoms with van der Waals surface area (Å²) in [5.74, 6) is -0.317. The third-order valence-corrected chi connectivity index (χ3v) is 7.13. The number of benzene rings is 2. The summed E-state index contributed by atoms with van der Waals surface area (Å²) in [6.07, 6.45) is -2.80. The predicted octanol–water partition coefficient (Wildman–Crippen LogP) is 4.17. The van der Waals surface area contributed by atoms with Gasteiger partial charge in [0.2, 0.25) is 5.91 Å². The summed E-state index contributed by atoms with van der Waals surface area (Å²) in [7, 11) is 3.34. The molecule has 2 aliphatic rings. The van der Waals surface area contributed by atoms with Gasteiger partial charge in [0.15, 0.2) is 0 Å². The average Bonchev–Trinajstić information content (AvgIpc) is 3.22. The molecule has 2 amide bonds. The Morgan fingerprint density at radius 1 is 1.09 bits per heavy atom. The van der Waals surface area contributed by atoms with Gasteiger partial charge in [-0.25, -0.2) is 0 Å². The Balaban J connectivity index is 1.55. The van der Waals surface area contributed by atoms with Crippen molar-refractivity contribution in [1.82, 2.24) is 9.80 Å². The van der Waals surface area contributed by atoms with Crippen molar-refractivity contribution >= 4 is 17.5 Å². The fourth-order valence-corrected chi connectivity index (χ4v) is 5.20. The highest BCUT2D eigenvalue weighted by Gasteiger charge is 2.50. The normalized spacial score (nSPS) is 19.5. The highest BCUT2D eigenvalue weighted by Crippen LogP contribution is 2.45. The van der Waals surface area contributed by atoms with Gasteiger partial charge in [-0.05, 0) is 55.0 Å². The van der Waals surface area contributed by atoms with Gasteiger partial charge in [0.25, 0.3) is 5.91 Å². The number of amides is 2. The lowest BCUT2D eigenvalue weighted by molar-refractivity contribution is -0.137. The summed E-state index contributed by atoms with van der Waals surface area (Å²) >= 11 is 0. The molecule has 0 aromatic heterocycles. The van der Waals surface area contributed by atoms with Crippen LogP contribution < -0.4 is 4.90 Å². The highest BCUT2D eigenvalue weighted by molar-refractivity contribution is 5.98. The molecule has 0 aliphatic carbocycles. The molecule has 0 radical (unpaired) electrons. The van der Waals surface area contributed by atoms with Crippen LogP contribution in [0.3, 0.4) is 0 Å². The summed E-state index contributed by atoms with van der Waals surface area (Å²) < 4.78 is 40.3. The van der Waals surface area contributed by atoms with Crippen molar-refractivity contribution in [1.29, 1.82) is 5.26 Å². The number of nitriles is 1. The number of carbonyl (C=O) groups is 2. The number of alkyl halides is 3. The van der Waals surface area contributed by atoms with Crippen LogP contribution >= 0.6 is 0 Å². The Morgan fingerprint density at radius 3 is 2.31 bits per heavy atom. The number of rotatable bonds is 3. The van der Waals surface area contributed by atoms with Crippen LogP contribution in [0.5, 0.6) is 0 Å². The molecular weight excluding hydrogens is 457 g/mol. The van der Waals surface area contributed by atoms with Gasteiger partial charge >= 0.3 is 6.18 Å². The molecule has 0 bridgehead atoms. The molecule has 35 heavy (non-hydrogen) atoms. The van der Waals surface area contributed by atoms with Crippen molar-refractivity contribution in [2.24, 2.45) is 5.41 Å². The van der Waals surface area contributed by atoms with E-state index in [0.29, 0.717) is 50.1 Å². The van der Waals surface area contributed by atoms with Crippen LogP contribution in [0, 0.1) is 16.7 Å². The second kappa shape index (κ2) is 9.25. The zero-order chi connectivity index (χ0) is 25.4. The lowest BCUT2D eigenvalue weighted by Crippen LogP contribution is -2.45. The van der Waals surface area contributed by atoms with E-state index in [2.05, 4.69) is 0 Å². The third-order valence-electron chi connectivity index (χ3n) is 7.13. The van der Waals surface area contributed by atoms with E-state index in [1.807, 2.05) is 11.0 Å². The van der Waals surface area contributed by atoms with E-state index >= 15 is 0 Å². The van der Waals surface area contributed by atoms with Gasteiger partial charge in [-0.3, -0.25) is 9.59 Å². The lowest BCUT2D eigenvalue weighted by Gasteiger charge is -2.40. The first-order valence-electron chi connectivity index (χ1n) is 11.5. The van der Waals surface area contributed by atoms with Gasteiger partial charge in [0, 0.05) is 45.0 Å². The maximum atomic E-state index is 13.4. The van der Waals surface area contributed by atoms with Crippen LogP contribution in [-0.4, -0.2) is 61.4 Å². The molecule has 9 heteroatoms. The number of likely N-dealkylation sites (N-methyl/N-ethyl adjacent to an activating group) is 1. The van der Waals surface area contributed by atoms with Crippen molar-refractivity contribution < 1.29 is 22.8 Å². The number of hydrogen-bond acceptors (Lipinski definition) is 4. The van der Waals surface area contributed by atoms with Gasteiger partial charge in [-0.1, -0.05) is 18.2 Å². The minimum absolute atomic E-state index is 0.129. The molecule has 1 atom stereocenters. The summed E-state index contributed by atoms with van der Waals surface area (Å²) in [6.45, 7) is 1.43. The molecule has 2 fully saturated rings. The fraction of sp³-hybridized carbons (Fsp3) is 0.423. The Hall–Kier alpha value is -3.54. The van der Waals surface area contributed by atoms with Crippen molar-refractivity contribution in [2.45, 2.75) is 31.5 Å². The highest BCUT2D eigenvalue weighted by atomic mass is 19.4. The second-order valence-corrected chi connectivity index (χ2v) is 9.58. The first-order valence-corrected chi connectivity index (χ1v) is 11.5. The van der Waals surface area contributed by atoms with Crippen LogP contribution in [0.1, 0.15) is 40.7 Å². The van der Waals surface area contributed by atoms with Crippen LogP contribution in [0.2, 0.25) is 0 Å². The number of piperidine rings is 1. The number of halogens is 3. The van der Waals surface area contributed by atoms with E-state index in [-0.39, 0.29) is 17.2 Å².